The predicted molar refractivity (Wildman–Crippen MR) is 162 cm³/mol. The van der Waals surface area contributed by atoms with Gasteiger partial charge in [-0.1, -0.05) is 11.6 Å². The number of carbonyl (C=O) groups is 4. The Morgan fingerprint density at radius 3 is 1.48 bits per heavy atom. The third kappa shape index (κ3) is 18.4. The fourth-order valence-corrected chi connectivity index (χ4v) is 2.64. The van der Waals surface area contributed by atoms with Crippen molar-refractivity contribution in [2.45, 2.75) is 78.7 Å². The number of nitrogens with one attached hydrogen (secondary N) is 1. The summed E-state index contributed by atoms with van der Waals surface area (Å²) in [6.45, 7) is 13.6. The first-order valence-corrected chi connectivity index (χ1v) is 13.0. The molecule has 0 unspecified atom stereocenters. The molecule has 7 N–H and O–H groups in total. The van der Waals surface area contributed by atoms with Crippen LogP contribution in [-0.2, 0) is 19.1 Å². The van der Waals surface area contributed by atoms with E-state index in [1.807, 2.05) is 0 Å². The second kappa shape index (κ2) is 17.8. The summed E-state index contributed by atoms with van der Waals surface area (Å²) in [6.07, 6.45) is 0. The number of carbonyl (C=O) groups excluding carboxylic acids is 4. The topological polar surface area (TPSA) is 228 Å². The van der Waals surface area contributed by atoms with Crippen LogP contribution < -0.4 is 22.5 Å². The van der Waals surface area contributed by atoms with Gasteiger partial charge >= 0.3 is 11.9 Å². The second-order valence-corrected chi connectivity index (χ2v) is 11.3. The van der Waals surface area contributed by atoms with Gasteiger partial charge in [0, 0.05) is 12.1 Å². The van der Waals surface area contributed by atoms with Crippen molar-refractivity contribution in [3.05, 3.63) is 39.2 Å². The SMILES string of the molecule is CC(C)(C)OC(=O)c1cc(Cl)nc(Cl)n1.C[C@H](N)C(N)=O.C[C@H](Nc1cc(C(=O)OC(C)(C)C)nc(Cl)n1)C(N)=O.Cl. The van der Waals surface area contributed by atoms with Crippen molar-refractivity contribution in [1.29, 1.82) is 0 Å². The number of hydrogen-bond donors (Lipinski definition) is 4. The lowest BCUT2D eigenvalue weighted by molar-refractivity contribution is -0.119. The third-order valence-electron chi connectivity index (χ3n) is 3.82. The van der Waals surface area contributed by atoms with Gasteiger partial charge < -0.3 is 32.0 Å². The van der Waals surface area contributed by atoms with E-state index in [9.17, 15) is 19.2 Å². The van der Waals surface area contributed by atoms with Gasteiger partial charge in [0.05, 0.1) is 6.04 Å². The van der Waals surface area contributed by atoms with Crippen LogP contribution in [0, 0.1) is 0 Å². The van der Waals surface area contributed by atoms with Gasteiger partial charge in [-0.25, -0.2) is 29.5 Å². The van der Waals surface area contributed by atoms with Crippen LogP contribution in [0.15, 0.2) is 12.1 Å². The first kappa shape index (κ1) is 41.1. The van der Waals surface area contributed by atoms with E-state index in [-0.39, 0.29) is 45.3 Å². The van der Waals surface area contributed by atoms with Gasteiger partial charge in [-0.2, -0.15) is 0 Å². The summed E-state index contributed by atoms with van der Waals surface area (Å²) in [5, 5.41) is 2.62. The van der Waals surface area contributed by atoms with Crippen LogP contribution in [0.5, 0.6) is 0 Å². The standard InChI is InChI=1S/C12H17ClN4O3.C9H10Cl2N2O2.C3H8N2O.ClH/c1-6(9(14)18)15-8-5-7(16-11(13)17-8)10(19)20-12(2,3)4;1-9(2,3)15-7(14)5-4-6(10)13-8(11)12-5;1-2(4)3(5)6;/h5-6H,1-4H3,(H2,14,18)(H,15,16,17);4H,1-3H3;2H,4H2,1H3,(H2,5,6);1H/t6-;;2-;/m0.0./s1. The molecule has 2 rings (SSSR count). The van der Waals surface area contributed by atoms with Gasteiger partial charge in [-0.3, -0.25) is 9.59 Å². The summed E-state index contributed by atoms with van der Waals surface area (Å²) in [7, 11) is 0. The molecular weight excluding hydrogens is 638 g/mol. The first-order chi connectivity index (χ1) is 18.5. The Kier molecular flexibility index (Phi) is 17.4. The van der Waals surface area contributed by atoms with Gasteiger partial charge in [0.1, 0.15) is 28.2 Å². The number of primary amides is 2. The van der Waals surface area contributed by atoms with Crippen molar-refractivity contribution in [2.75, 3.05) is 5.32 Å². The summed E-state index contributed by atoms with van der Waals surface area (Å²) in [4.78, 5) is 59.2. The lowest BCUT2D eigenvalue weighted by Gasteiger charge is -2.19. The fraction of sp³-hybridized carbons (Fsp3) is 0.500. The van der Waals surface area contributed by atoms with E-state index in [1.165, 1.54) is 12.1 Å². The maximum Gasteiger partial charge on any atom is 0.357 e. The molecule has 14 nitrogen and oxygen atoms in total. The number of esters is 2. The van der Waals surface area contributed by atoms with Gasteiger partial charge in [0.15, 0.2) is 11.4 Å². The van der Waals surface area contributed by atoms with E-state index in [1.54, 1.807) is 55.4 Å². The second-order valence-electron chi connectivity index (χ2n) is 10.2. The minimum atomic E-state index is -0.660. The van der Waals surface area contributed by atoms with Crippen LogP contribution in [0.1, 0.15) is 76.4 Å². The summed E-state index contributed by atoms with van der Waals surface area (Å²) < 4.78 is 10.3. The van der Waals surface area contributed by atoms with E-state index in [0.29, 0.717) is 0 Å². The number of rotatable bonds is 6. The molecule has 0 aliphatic heterocycles. The Bertz CT molecular complexity index is 1220. The van der Waals surface area contributed by atoms with E-state index >= 15 is 0 Å². The maximum atomic E-state index is 11.9. The first-order valence-electron chi connectivity index (χ1n) is 11.8. The van der Waals surface area contributed by atoms with Crippen molar-refractivity contribution in [1.82, 2.24) is 19.9 Å². The molecule has 0 aromatic carbocycles. The lowest BCUT2D eigenvalue weighted by atomic mass is 10.2. The van der Waals surface area contributed by atoms with Gasteiger partial charge in [-0.05, 0) is 78.6 Å². The molecule has 2 amide bonds. The number of nitrogens with zero attached hydrogens (tertiary/aromatic N) is 4. The summed E-state index contributed by atoms with van der Waals surface area (Å²) in [5.41, 5.74) is 13.6. The number of amides is 2. The molecule has 18 heteroatoms. The van der Waals surface area contributed by atoms with Crippen LogP contribution in [0.2, 0.25) is 15.7 Å². The molecule has 0 saturated carbocycles. The molecule has 236 valence electrons. The minimum Gasteiger partial charge on any atom is -0.455 e. The van der Waals surface area contributed by atoms with Crippen LogP contribution in [0.25, 0.3) is 0 Å². The summed E-state index contributed by atoms with van der Waals surface area (Å²) >= 11 is 16.9. The Morgan fingerprint density at radius 1 is 0.762 bits per heavy atom. The van der Waals surface area contributed by atoms with Crippen LogP contribution in [-0.4, -0.2) is 67.0 Å². The summed E-state index contributed by atoms with van der Waals surface area (Å²) in [5.74, 6) is -2.00. The Hall–Kier alpha value is -3.04. The smallest absolute Gasteiger partial charge is 0.357 e. The summed E-state index contributed by atoms with van der Waals surface area (Å²) in [6, 6.07) is 1.48. The molecule has 42 heavy (non-hydrogen) atoms. The lowest BCUT2D eigenvalue weighted by Crippen LogP contribution is -2.33. The van der Waals surface area contributed by atoms with Gasteiger partial charge in [-0.15, -0.1) is 12.4 Å². The third-order valence-corrected chi connectivity index (χ3v) is 4.35. The number of hydrogen-bond acceptors (Lipinski definition) is 12. The number of anilines is 1. The highest BCUT2D eigenvalue weighted by Crippen LogP contribution is 2.17. The zero-order valence-corrected chi connectivity index (χ0v) is 27.4. The van der Waals surface area contributed by atoms with E-state index < -0.39 is 47.0 Å². The molecule has 0 radical (unpaired) electrons. The van der Waals surface area contributed by atoms with Crippen molar-refractivity contribution >= 4 is 76.8 Å². The molecular formula is C24H36Cl4N8O6. The highest BCUT2D eigenvalue weighted by atomic mass is 35.5. The van der Waals surface area contributed by atoms with Crippen LogP contribution in [0.3, 0.4) is 0 Å². The fourth-order valence-electron chi connectivity index (χ4n) is 2.04. The molecule has 0 aliphatic rings. The predicted octanol–water partition coefficient (Wildman–Crippen LogP) is 3.35. The average molecular weight is 674 g/mol. The molecule has 0 bridgehead atoms. The Morgan fingerprint density at radius 2 is 1.14 bits per heavy atom. The van der Waals surface area contributed by atoms with Crippen molar-refractivity contribution < 1.29 is 28.7 Å². The normalized spacial score (nSPS) is 12.0. The maximum absolute atomic E-state index is 11.9. The Balaban J connectivity index is 0. The molecule has 2 aromatic rings. The highest BCUT2D eigenvalue weighted by molar-refractivity contribution is 6.32. The molecule has 2 aromatic heterocycles. The molecule has 2 atom stereocenters. The average Bonchev–Trinajstić information content (AvgIpc) is 2.76. The Labute approximate surface area is 265 Å². The van der Waals surface area contributed by atoms with Gasteiger partial charge in [0.25, 0.3) is 0 Å². The number of aromatic nitrogens is 4. The largest absolute Gasteiger partial charge is 0.455 e. The number of nitrogens with two attached hydrogens (primary N) is 3. The monoisotopic (exact) mass is 672 g/mol. The molecule has 0 spiro atoms. The number of halogens is 4. The van der Waals surface area contributed by atoms with Crippen LogP contribution >= 0.6 is 47.2 Å². The molecule has 0 saturated heterocycles. The zero-order valence-electron chi connectivity index (χ0n) is 24.3. The van der Waals surface area contributed by atoms with Gasteiger partial charge in [0.2, 0.25) is 22.4 Å². The van der Waals surface area contributed by atoms with Crippen molar-refractivity contribution in [3.63, 3.8) is 0 Å². The minimum absolute atomic E-state index is 0. The van der Waals surface area contributed by atoms with E-state index in [0.717, 1.165) is 0 Å². The van der Waals surface area contributed by atoms with Crippen molar-refractivity contribution in [2.24, 2.45) is 17.2 Å². The van der Waals surface area contributed by atoms with E-state index in [4.69, 9.17) is 55.7 Å². The van der Waals surface area contributed by atoms with Crippen molar-refractivity contribution in [3.8, 4) is 0 Å². The highest BCUT2D eigenvalue weighted by Gasteiger charge is 2.21. The number of ether oxygens (including phenoxy) is 2. The quantitative estimate of drug-likeness (QED) is 0.197. The van der Waals surface area contributed by atoms with Crippen LogP contribution in [0.4, 0.5) is 5.82 Å². The zero-order chi connectivity index (χ0) is 32.3. The van der Waals surface area contributed by atoms with E-state index in [2.05, 4.69) is 31.0 Å². The molecule has 2 heterocycles. The molecule has 0 aliphatic carbocycles. The molecule has 0 fully saturated rings.